The Morgan fingerprint density at radius 1 is 1.25 bits per heavy atom. The van der Waals surface area contributed by atoms with Crippen LogP contribution < -0.4 is 11.1 Å². The largest absolute Gasteiger partial charge is 0.352 e. The van der Waals surface area contributed by atoms with E-state index in [1.165, 1.54) is 0 Å². The Balaban J connectivity index is 1.79. The lowest BCUT2D eigenvalue weighted by molar-refractivity contribution is -0.140. The third kappa shape index (κ3) is 4.81. The SMILES string of the molecule is CCCC(C)(N)C(=O)N1CCC(C(=O)NCc2ccccc2)CC1. The van der Waals surface area contributed by atoms with Gasteiger partial charge in [-0.15, -0.1) is 0 Å². The Labute approximate surface area is 144 Å². The molecule has 0 radical (unpaired) electrons. The van der Waals surface area contributed by atoms with E-state index in [9.17, 15) is 9.59 Å². The lowest BCUT2D eigenvalue weighted by atomic mass is 9.91. The molecule has 1 fully saturated rings. The van der Waals surface area contributed by atoms with E-state index in [-0.39, 0.29) is 17.7 Å². The van der Waals surface area contributed by atoms with E-state index in [0.717, 1.165) is 12.0 Å². The number of carbonyl (C=O) groups is 2. The van der Waals surface area contributed by atoms with Crippen molar-refractivity contribution in [3.63, 3.8) is 0 Å². The van der Waals surface area contributed by atoms with Gasteiger partial charge < -0.3 is 16.0 Å². The van der Waals surface area contributed by atoms with Crippen molar-refractivity contribution in [3.8, 4) is 0 Å². The van der Waals surface area contributed by atoms with Crippen molar-refractivity contribution in [1.82, 2.24) is 10.2 Å². The summed E-state index contributed by atoms with van der Waals surface area (Å²) in [6, 6.07) is 9.88. The highest BCUT2D eigenvalue weighted by atomic mass is 16.2. The summed E-state index contributed by atoms with van der Waals surface area (Å²) in [5.74, 6) is 0.0653. The lowest BCUT2D eigenvalue weighted by Gasteiger charge is -2.36. The number of amides is 2. The molecular formula is C19H29N3O2. The zero-order chi connectivity index (χ0) is 17.6. The minimum absolute atomic E-state index is 0.00694. The van der Waals surface area contributed by atoms with Crippen molar-refractivity contribution in [2.75, 3.05) is 13.1 Å². The highest BCUT2D eigenvalue weighted by Gasteiger charge is 2.35. The maximum atomic E-state index is 12.5. The third-order valence-corrected chi connectivity index (χ3v) is 4.72. The molecule has 0 aromatic heterocycles. The van der Waals surface area contributed by atoms with Crippen LogP contribution in [0.4, 0.5) is 0 Å². The highest BCUT2D eigenvalue weighted by molar-refractivity contribution is 5.86. The number of rotatable bonds is 6. The molecule has 1 aromatic rings. The predicted molar refractivity (Wildman–Crippen MR) is 95.1 cm³/mol. The molecule has 3 N–H and O–H groups in total. The Kier molecular flexibility index (Phi) is 6.37. The van der Waals surface area contributed by atoms with Crippen LogP contribution in [0.3, 0.4) is 0 Å². The summed E-state index contributed by atoms with van der Waals surface area (Å²) in [4.78, 5) is 26.6. The summed E-state index contributed by atoms with van der Waals surface area (Å²) < 4.78 is 0. The van der Waals surface area contributed by atoms with Crippen molar-refractivity contribution in [1.29, 1.82) is 0 Å². The molecule has 1 aliphatic rings. The van der Waals surface area contributed by atoms with Gasteiger partial charge in [0, 0.05) is 25.6 Å². The second kappa shape index (κ2) is 8.29. The first-order valence-electron chi connectivity index (χ1n) is 8.84. The number of nitrogens with zero attached hydrogens (tertiary/aromatic N) is 1. The highest BCUT2D eigenvalue weighted by Crippen LogP contribution is 2.21. The number of piperidine rings is 1. The van der Waals surface area contributed by atoms with Gasteiger partial charge in [-0.25, -0.2) is 0 Å². The fraction of sp³-hybridized carbons (Fsp3) is 0.579. The minimum atomic E-state index is -0.794. The Bertz CT molecular complexity index is 549. The smallest absolute Gasteiger partial charge is 0.242 e. The standard InChI is InChI=1S/C19H29N3O2/c1-3-11-19(2,20)18(24)22-12-9-16(10-13-22)17(23)21-14-15-7-5-4-6-8-15/h4-8,16H,3,9-14,20H2,1-2H3,(H,21,23). The minimum Gasteiger partial charge on any atom is -0.352 e. The van der Waals surface area contributed by atoms with Crippen molar-refractivity contribution < 1.29 is 9.59 Å². The molecule has 0 aliphatic carbocycles. The van der Waals surface area contributed by atoms with Crippen molar-refractivity contribution in [2.24, 2.45) is 11.7 Å². The van der Waals surface area contributed by atoms with Crippen LogP contribution in [0.25, 0.3) is 0 Å². The van der Waals surface area contributed by atoms with Crippen LogP contribution in [0.15, 0.2) is 30.3 Å². The number of benzene rings is 1. The molecule has 24 heavy (non-hydrogen) atoms. The van der Waals surface area contributed by atoms with E-state index < -0.39 is 5.54 Å². The molecule has 2 amide bonds. The average molecular weight is 331 g/mol. The maximum Gasteiger partial charge on any atom is 0.242 e. The fourth-order valence-electron chi connectivity index (χ4n) is 3.26. The van der Waals surface area contributed by atoms with Gasteiger partial charge in [-0.1, -0.05) is 43.7 Å². The first-order valence-corrected chi connectivity index (χ1v) is 8.84. The van der Waals surface area contributed by atoms with Crippen molar-refractivity contribution >= 4 is 11.8 Å². The molecule has 1 aromatic carbocycles. The zero-order valence-corrected chi connectivity index (χ0v) is 14.8. The quantitative estimate of drug-likeness (QED) is 0.838. The molecule has 1 atom stereocenters. The van der Waals surface area contributed by atoms with Crippen LogP contribution in [-0.4, -0.2) is 35.3 Å². The Morgan fingerprint density at radius 3 is 2.46 bits per heavy atom. The van der Waals surface area contributed by atoms with E-state index in [1.807, 2.05) is 42.2 Å². The molecule has 5 heteroatoms. The first-order chi connectivity index (χ1) is 11.4. The molecule has 5 nitrogen and oxygen atoms in total. The summed E-state index contributed by atoms with van der Waals surface area (Å²) in [5.41, 5.74) is 6.44. The molecule has 0 saturated carbocycles. The maximum absolute atomic E-state index is 12.5. The number of hydrogen-bond acceptors (Lipinski definition) is 3. The van der Waals surface area contributed by atoms with E-state index in [4.69, 9.17) is 5.73 Å². The lowest BCUT2D eigenvalue weighted by Crippen LogP contribution is -2.55. The van der Waals surface area contributed by atoms with Gasteiger partial charge in [0.1, 0.15) is 0 Å². The van der Waals surface area contributed by atoms with Crippen LogP contribution in [-0.2, 0) is 16.1 Å². The molecular weight excluding hydrogens is 302 g/mol. The second-order valence-corrected chi connectivity index (χ2v) is 6.94. The molecule has 0 bridgehead atoms. The second-order valence-electron chi connectivity index (χ2n) is 6.94. The predicted octanol–water partition coefficient (Wildman–Crippen LogP) is 2.06. The van der Waals surface area contributed by atoms with Gasteiger partial charge in [-0.05, 0) is 31.7 Å². The topological polar surface area (TPSA) is 75.4 Å². The summed E-state index contributed by atoms with van der Waals surface area (Å²) in [6.45, 7) is 5.60. The van der Waals surface area contributed by atoms with E-state index >= 15 is 0 Å². The number of hydrogen-bond donors (Lipinski definition) is 2. The van der Waals surface area contributed by atoms with Crippen molar-refractivity contribution in [3.05, 3.63) is 35.9 Å². The van der Waals surface area contributed by atoms with Gasteiger partial charge in [-0.3, -0.25) is 9.59 Å². The molecule has 0 spiro atoms. The van der Waals surface area contributed by atoms with Gasteiger partial charge >= 0.3 is 0 Å². The summed E-state index contributed by atoms with van der Waals surface area (Å²) in [6.07, 6.45) is 2.98. The van der Waals surface area contributed by atoms with Crippen LogP contribution in [0.5, 0.6) is 0 Å². The van der Waals surface area contributed by atoms with E-state index in [0.29, 0.717) is 38.9 Å². The number of likely N-dealkylation sites (tertiary alicyclic amines) is 1. The summed E-state index contributed by atoms with van der Waals surface area (Å²) in [7, 11) is 0. The zero-order valence-electron chi connectivity index (χ0n) is 14.8. The molecule has 132 valence electrons. The van der Waals surface area contributed by atoms with Crippen LogP contribution >= 0.6 is 0 Å². The molecule has 1 heterocycles. The van der Waals surface area contributed by atoms with Crippen molar-refractivity contribution in [2.45, 2.75) is 51.6 Å². The summed E-state index contributed by atoms with van der Waals surface area (Å²) >= 11 is 0. The van der Waals surface area contributed by atoms with Crippen LogP contribution in [0, 0.1) is 5.92 Å². The van der Waals surface area contributed by atoms with Gasteiger partial charge in [0.25, 0.3) is 0 Å². The Hall–Kier alpha value is -1.88. The monoisotopic (exact) mass is 331 g/mol. The van der Waals surface area contributed by atoms with Gasteiger partial charge in [-0.2, -0.15) is 0 Å². The van der Waals surface area contributed by atoms with E-state index in [2.05, 4.69) is 5.32 Å². The van der Waals surface area contributed by atoms with Gasteiger partial charge in [0.15, 0.2) is 0 Å². The van der Waals surface area contributed by atoms with E-state index in [1.54, 1.807) is 6.92 Å². The number of nitrogens with one attached hydrogen (secondary N) is 1. The number of nitrogens with two attached hydrogens (primary N) is 1. The average Bonchev–Trinajstić information content (AvgIpc) is 2.60. The number of carbonyl (C=O) groups excluding carboxylic acids is 2. The fourth-order valence-corrected chi connectivity index (χ4v) is 3.26. The molecule has 1 saturated heterocycles. The molecule has 1 unspecified atom stereocenters. The Morgan fingerprint density at radius 2 is 1.88 bits per heavy atom. The first kappa shape index (κ1) is 18.5. The van der Waals surface area contributed by atoms with Gasteiger partial charge in [0.2, 0.25) is 11.8 Å². The van der Waals surface area contributed by atoms with Crippen LogP contribution in [0.2, 0.25) is 0 Å². The summed E-state index contributed by atoms with van der Waals surface area (Å²) in [5, 5.41) is 3.00. The normalized spacial score (nSPS) is 18.0. The third-order valence-electron chi connectivity index (χ3n) is 4.72. The van der Waals surface area contributed by atoms with Crippen LogP contribution in [0.1, 0.15) is 45.1 Å². The molecule has 2 rings (SSSR count). The van der Waals surface area contributed by atoms with Gasteiger partial charge in [0.05, 0.1) is 5.54 Å². The molecule has 1 aliphatic heterocycles.